The lowest BCUT2D eigenvalue weighted by Crippen LogP contribution is -2.53. The first-order chi connectivity index (χ1) is 18.5. The fourth-order valence-electron chi connectivity index (χ4n) is 5.07. The molecule has 0 N–H and O–H groups in total. The van der Waals surface area contributed by atoms with Crippen LogP contribution >= 0.6 is 0 Å². The summed E-state index contributed by atoms with van der Waals surface area (Å²) in [6, 6.07) is 9.36. The standard InChI is InChI=1S/C28H39N3O7/c1-33-22-7-6-20(24(16-22)34-2)17-30-12-13-38-23(19-30)18-29-8-10-31(11-9-29)28(32)21-14-25(35-3)27(37-5)26(15-21)36-4/h6-7,14-16,23H,8-13,17-19H2,1-5H3. The number of amides is 1. The lowest BCUT2D eigenvalue weighted by Gasteiger charge is -2.39. The van der Waals surface area contributed by atoms with E-state index in [4.69, 9.17) is 28.4 Å². The maximum absolute atomic E-state index is 13.2. The van der Waals surface area contributed by atoms with Crippen LogP contribution in [-0.2, 0) is 11.3 Å². The number of benzene rings is 2. The highest BCUT2D eigenvalue weighted by Crippen LogP contribution is 2.38. The van der Waals surface area contributed by atoms with Gasteiger partial charge in [-0.3, -0.25) is 14.6 Å². The normalized spacial score (nSPS) is 18.7. The monoisotopic (exact) mass is 529 g/mol. The molecule has 2 fully saturated rings. The quantitative estimate of drug-likeness (QED) is 0.461. The van der Waals surface area contributed by atoms with E-state index in [1.807, 2.05) is 17.0 Å². The molecular formula is C28H39N3O7. The van der Waals surface area contributed by atoms with Gasteiger partial charge in [0.1, 0.15) is 11.5 Å². The predicted octanol–water partition coefficient (Wildman–Crippen LogP) is 2.39. The molecule has 0 saturated carbocycles. The molecule has 1 unspecified atom stereocenters. The summed E-state index contributed by atoms with van der Waals surface area (Å²) in [6.07, 6.45) is 0.116. The Bertz CT molecular complexity index is 1060. The first kappa shape index (κ1) is 27.8. The Balaban J connectivity index is 1.30. The molecule has 208 valence electrons. The Morgan fingerprint density at radius 2 is 1.50 bits per heavy atom. The van der Waals surface area contributed by atoms with Crippen molar-refractivity contribution in [2.75, 3.05) is 88.0 Å². The van der Waals surface area contributed by atoms with Crippen LogP contribution in [-0.4, -0.2) is 115 Å². The molecule has 1 atom stereocenters. The number of methoxy groups -OCH3 is 5. The number of ether oxygens (including phenoxy) is 6. The average Bonchev–Trinajstić information content (AvgIpc) is 2.96. The summed E-state index contributed by atoms with van der Waals surface area (Å²) < 4.78 is 33.2. The van der Waals surface area contributed by atoms with Gasteiger partial charge in [-0.1, -0.05) is 6.07 Å². The van der Waals surface area contributed by atoms with E-state index in [1.54, 1.807) is 47.7 Å². The van der Waals surface area contributed by atoms with E-state index in [1.165, 1.54) is 0 Å². The average molecular weight is 530 g/mol. The molecule has 2 saturated heterocycles. The van der Waals surface area contributed by atoms with Gasteiger partial charge in [0.2, 0.25) is 5.75 Å². The van der Waals surface area contributed by atoms with Gasteiger partial charge >= 0.3 is 0 Å². The van der Waals surface area contributed by atoms with Crippen molar-refractivity contribution in [2.45, 2.75) is 12.6 Å². The topological polar surface area (TPSA) is 82.2 Å². The van der Waals surface area contributed by atoms with E-state index < -0.39 is 0 Å². The summed E-state index contributed by atoms with van der Waals surface area (Å²) in [4.78, 5) is 19.9. The zero-order valence-corrected chi connectivity index (χ0v) is 23.0. The lowest BCUT2D eigenvalue weighted by atomic mass is 10.1. The minimum absolute atomic E-state index is 0.0440. The predicted molar refractivity (Wildman–Crippen MR) is 143 cm³/mol. The van der Waals surface area contributed by atoms with Crippen LogP contribution in [0.5, 0.6) is 28.7 Å². The van der Waals surface area contributed by atoms with E-state index in [-0.39, 0.29) is 12.0 Å². The van der Waals surface area contributed by atoms with Crippen LogP contribution in [0.4, 0.5) is 0 Å². The van der Waals surface area contributed by atoms with Gasteiger partial charge in [-0.25, -0.2) is 0 Å². The van der Waals surface area contributed by atoms with Crippen LogP contribution in [0.15, 0.2) is 30.3 Å². The number of morpholine rings is 1. The van der Waals surface area contributed by atoms with E-state index in [2.05, 4.69) is 15.9 Å². The molecule has 10 heteroatoms. The van der Waals surface area contributed by atoms with Crippen molar-refractivity contribution >= 4 is 5.91 Å². The minimum atomic E-state index is -0.0440. The van der Waals surface area contributed by atoms with Crippen molar-refractivity contribution in [3.8, 4) is 28.7 Å². The molecule has 2 aliphatic heterocycles. The number of rotatable bonds is 10. The molecule has 38 heavy (non-hydrogen) atoms. The fourth-order valence-corrected chi connectivity index (χ4v) is 5.07. The van der Waals surface area contributed by atoms with Gasteiger partial charge < -0.3 is 33.3 Å². The van der Waals surface area contributed by atoms with Crippen molar-refractivity contribution in [3.63, 3.8) is 0 Å². The first-order valence-electron chi connectivity index (χ1n) is 12.9. The minimum Gasteiger partial charge on any atom is -0.497 e. The number of carbonyl (C=O) groups is 1. The van der Waals surface area contributed by atoms with Crippen LogP contribution in [0.1, 0.15) is 15.9 Å². The Labute approximate surface area is 224 Å². The Morgan fingerprint density at radius 1 is 0.816 bits per heavy atom. The highest BCUT2D eigenvalue weighted by molar-refractivity contribution is 5.95. The Morgan fingerprint density at radius 3 is 2.11 bits per heavy atom. The highest BCUT2D eigenvalue weighted by Gasteiger charge is 2.28. The molecule has 0 radical (unpaired) electrons. The van der Waals surface area contributed by atoms with Crippen molar-refractivity contribution < 1.29 is 33.2 Å². The van der Waals surface area contributed by atoms with Gasteiger partial charge in [0.05, 0.1) is 48.3 Å². The highest BCUT2D eigenvalue weighted by atomic mass is 16.5. The fraction of sp³-hybridized carbons (Fsp3) is 0.536. The van der Waals surface area contributed by atoms with Gasteiger partial charge in [0.15, 0.2) is 11.5 Å². The molecule has 0 aromatic heterocycles. The summed E-state index contributed by atoms with van der Waals surface area (Å²) in [7, 11) is 7.99. The van der Waals surface area contributed by atoms with Crippen molar-refractivity contribution in [1.29, 1.82) is 0 Å². The molecule has 0 aliphatic carbocycles. The number of hydrogen-bond donors (Lipinski definition) is 0. The molecule has 2 aromatic rings. The van der Waals surface area contributed by atoms with Crippen LogP contribution in [0.3, 0.4) is 0 Å². The van der Waals surface area contributed by atoms with Gasteiger partial charge in [0.25, 0.3) is 5.91 Å². The second-order valence-electron chi connectivity index (χ2n) is 9.41. The second kappa shape index (κ2) is 13.0. The smallest absolute Gasteiger partial charge is 0.254 e. The van der Waals surface area contributed by atoms with Crippen molar-refractivity contribution in [3.05, 3.63) is 41.5 Å². The zero-order chi connectivity index (χ0) is 27.1. The molecule has 0 bridgehead atoms. The van der Waals surface area contributed by atoms with Gasteiger partial charge in [-0.15, -0.1) is 0 Å². The molecule has 4 rings (SSSR count). The van der Waals surface area contributed by atoms with Crippen molar-refractivity contribution in [2.24, 2.45) is 0 Å². The van der Waals surface area contributed by atoms with Crippen LogP contribution in [0.2, 0.25) is 0 Å². The molecule has 1 amide bonds. The number of nitrogens with zero attached hydrogens (tertiary/aromatic N) is 3. The second-order valence-corrected chi connectivity index (χ2v) is 9.41. The first-order valence-corrected chi connectivity index (χ1v) is 12.9. The largest absolute Gasteiger partial charge is 0.497 e. The molecule has 2 aliphatic rings. The number of hydrogen-bond acceptors (Lipinski definition) is 9. The summed E-state index contributed by atoms with van der Waals surface area (Å²) >= 11 is 0. The maximum atomic E-state index is 13.2. The third-order valence-corrected chi connectivity index (χ3v) is 7.14. The van der Waals surface area contributed by atoms with Crippen LogP contribution in [0.25, 0.3) is 0 Å². The molecule has 0 spiro atoms. The summed E-state index contributed by atoms with van der Waals surface area (Å²) in [5.41, 5.74) is 1.65. The van der Waals surface area contributed by atoms with Gasteiger partial charge in [0, 0.05) is 69.6 Å². The zero-order valence-electron chi connectivity index (χ0n) is 23.0. The van der Waals surface area contributed by atoms with Gasteiger partial charge in [-0.05, 0) is 18.2 Å². The maximum Gasteiger partial charge on any atom is 0.254 e. The Hall–Kier alpha value is -3.21. The molecule has 2 heterocycles. The lowest BCUT2D eigenvalue weighted by molar-refractivity contribution is -0.0498. The van der Waals surface area contributed by atoms with E-state index in [9.17, 15) is 4.79 Å². The Kier molecular flexibility index (Phi) is 9.54. The van der Waals surface area contributed by atoms with Crippen molar-refractivity contribution in [1.82, 2.24) is 14.7 Å². The third-order valence-electron chi connectivity index (χ3n) is 7.14. The van der Waals surface area contributed by atoms with Crippen LogP contribution in [0, 0.1) is 0 Å². The molecule has 2 aromatic carbocycles. The summed E-state index contributed by atoms with van der Waals surface area (Å²) in [6.45, 7) is 6.94. The molecule has 10 nitrogen and oxygen atoms in total. The summed E-state index contributed by atoms with van der Waals surface area (Å²) in [5.74, 6) is 2.99. The van der Waals surface area contributed by atoms with Crippen LogP contribution < -0.4 is 23.7 Å². The number of piperazine rings is 1. The van der Waals surface area contributed by atoms with E-state index >= 15 is 0 Å². The molecular weight excluding hydrogens is 490 g/mol. The summed E-state index contributed by atoms with van der Waals surface area (Å²) in [5, 5.41) is 0. The van der Waals surface area contributed by atoms with E-state index in [0.717, 1.165) is 56.3 Å². The SMILES string of the molecule is COc1ccc(CN2CCOC(CN3CCN(C(=O)c4cc(OC)c(OC)c(OC)c4)CC3)C2)c(OC)c1. The van der Waals surface area contributed by atoms with Gasteiger partial charge in [-0.2, -0.15) is 0 Å². The van der Waals surface area contributed by atoms with E-state index in [0.29, 0.717) is 42.5 Å². The number of carbonyl (C=O) groups excluding carboxylic acids is 1. The third kappa shape index (κ3) is 6.43.